The molecule has 0 fully saturated rings. The van der Waals surface area contributed by atoms with Crippen molar-refractivity contribution in [2.45, 2.75) is 32.9 Å². The molecule has 0 aliphatic heterocycles. The summed E-state index contributed by atoms with van der Waals surface area (Å²) < 4.78 is 11.4. The number of non-ortho nitro benzene ring substituents is 1. The molecule has 2 heterocycles. The zero-order valence-corrected chi connectivity index (χ0v) is 14.9. The number of hydrogen-bond donors (Lipinski definition) is 0. The van der Waals surface area contributed by atoms with Gasteiger partial charge in [-0.1, -0.05) is 5.16 Å². The first-order valence-corrected chi connectivity index (χ1v) is 8.29. The van der Waals surface area contributed by atoms with Crippen molar-refractivity contribution in [1.29, 1.82) is 0 Å². The molecule has 10 heteroatoms. The summed E-state index contributed by atoms with van der Waals surface area (Å²) >= 11 is 0. The summed E-state index contributed by atoms with van der Waals surface area (Å²) in [6.07, 6.45) is 0.659. The van der Waals surface area contributed by atoms with Crippen molar-refractivity contribution in [3.63, 3.8) is 0 Å². The van der Waals surface area contributed by atoms with E-state index in [1.165, 1.54) is 27.7 Å². The van der Waals surface area contributed by atoms with Gasteiger partial charge < -0.3 is 13.8 Å². The maximum Gasteiger partial charge on any atom is 0.419 e. The molecule has 2 aromatic heterocycles. The zero-order chi connectivity index (χ0) is 19.6. The monoisotopic (exact) mass is 374 g/mol. The number of nitro groups is 1. The lowest BCUT2D eigenvalue weighted by Gasteiger charge is -2.15. The SMILES string of the molecule is Cc1cc(CN(C)C(=O)CCCn2c(=O)oc3cc([N+](=O)[O-])ccc32)no1. The Hall–Kier alpha value is -3.43. The van der Waals surface area contributed by atoms with Gasteiger partial charge in [-0.15, -0.1) is 0 Å². The Labute approximate surface area is 153 Å². The second-order valence-electron chi connectivity index (χ2n) is 6.21. The van der Waals surface area contributed by atoms with Crippen LogP contribution in [0.5, 0.6) is 0 Å². The smallest absolute Gasteiger partial charge is 0.407 e. The molecule has 1 aromatic carbocycles. The molecule has 0 bridgehead atoms. The third-order valence-corrected chi connectivity index (χ3v) is 4.14. The molecule has 0 N–H and O–H groups in total. The lowest BCUT2D eigenvalue weighted by atomic mass is 10.2. The molecular formula is C17H18N4O6. The van der Waals surface area contributed by atoms with Crippen molar-refractivity contribution in [3.8, 4) is 0 Å². The standard InChI is InChI=1S/C17H18N4O6/c1-11-8-12(18-27-11)10-19(2)16(22)4-3-7-20-14-6-5-13(21(24)25)9-15(14)26-17(20)23/h5-6,8-9H,3-4,7,10H2,1-2H3. The summed E-state index contributed by atoms with van der Waals surface area (Å²) in [5.41, 5.74) is 1.13. The van der Waals surface area contributed by atoms with Gasteiger partial charge >= 0.3 is 5.76 Å². The minimum Gasteiger partial charge on any atom is -0.407 e. The van der Waals surface area contributed by atoms with E-state index in [1.807, 2.05) is 0 Å². The largest absolute Gasteiger partial charge is 0.419 e. The first-order chi connectivity index (χ1) is 12.8. The minimum atomic E-state index is -0.607. The second-order valence-corrected chi connectivity index (χ2v) is 6.21. The van der Waals surface area contributed by atoms with Crippen molar-refractivity contribution >= 4 is 22.7 Å². The zero-order valence-electron chi connectivity index (χ0n) is 14.9. The Morgan fingerprint density at radius 3 is 2.81 bits per heavy atom. The van der Waals surface area contributed by atoms with E-state index in [2.05, 4.69) is 5.16 Å². The van der Waals surface area contributed by atoms with Crippen LogP contribution < -0.4 is 5.76 Å². The number of benzene rings is 1. The summed E-state index contributed by atoms with van der Waals surface area (Å²) in [4.78, 5) is 36.0. The molecule has 1 amide bonds. The van der Waals surface area contributed by atoms with Crippen LogP contribution in [0.1, 0.15) is 24.3 Å². The summed E-state index contributed by atoms with van der Waals surface area (Å²) in [6, 6.07) is 5.76. The fourth-order valence-corrected chi connectivity index (χ4v) is 2.78. The highest BCUT2D eigenvalue weighted by Crippen LogP contribution is 2.20. The van der Waals surface area contributed by atoms with E-state index in [0.29, 0.717) is 29.9 Å². The lowest BCUT2D eigenvalue weighted by molar-refractivity contribution is -0.384. The first-order valence-electron chi connectivity index (χ1n) is 8.29. The number of carbonyl (C=O) groups is 1. The molecule has 0 aliphatic carbocycles. The fourth-order valence-electron chi connectivity index (χ4n) is 2.78. The number of rotatable bonds is 7. The van der Waals surface area contributed by atoms with E-state index in [0.717, 1.165) is 0 Å². The van der Waals surface area contributed by atoms with Gasteiger partial charge in [0.05, 0.1) is 23.1 Å². The van der Waals surface area contributed by atoms with Crippen molar-refractivity contribution in [1.82, 2.24) is 14.6 Å². The number of nitro benzene ring substituents is 1. The normalized spacial score (nSPS) is 11.0. The van der Waals surface area contributed by atoms with Crippen LogP contribution in [0, 0.1) is 17.0 Å². The molecule has 10 nitrogen and oxygen atoms in total. The Morgan fingerprint density at radius 1 is 1.37 bits per heavy atom. The Morgan fingerprint density at radius 2 is 2.15 bits per heavy atom. The number of amides is 1. The number of nitrogens with zero attached hydrogens (tertiary/aromatic N) is 4. The first kappa shape index (κ1) is 18.4. The van der Waals surface area contributed by atoms with Crippen molar-refractivity contribution in [2.75, 3.05) is 7.05 Å². The number of aromatic nitrogens is 2. The number of aryl methyl sites for hydroxylation is 2. The summed E-state index contributed by atoms with van der Waals surface area (Å²) in [7, 11) is 1.67. The van der Waals surface area contributed by atoms with E-state index in [1.54, 1.807) is 20.0 Å². The van der Waals surface area contributed by atoms with Gasteiger partial charge in [0.15, 0.2) is 5.58 Å². The van der Waals surface area contributed by atoms with Crippen LogP contribution in [0.3, 0.4) is 0 Å². The van der Waals surface area contributed by atoms with Gasteiger partial charge in [0.1, 0.15) is 11.5 Å². The summed E-state index contributed by atoms with van der Waals surface area (Å²) in [5, 5.41) is 14.7. The molecule has 0 aliphatic rings. The molecule has 0 saturated heterocycles. The topological polar surface area (TPSA) is 125 Å². The van der Waals surface area contributed by atoms with Gasteiger partial charge in [0.2, 0.25) is 5.91 Å². The second kappa shape index (κ2) is 7.44. The summed E-state index contributed by atoms with van der Waals surface area (Å²) in [6.45, 7) is 2.39. The van der Waals surface area contributed by atoms with E-state index in [4.69, 9.17) is 8.94 Å². The van der Waals surface area contributed by atoms with Gasteiger partial charge in [-0.3, -0.25) is 19.5 Å². The van der Waals surface area contributed by atoms with Gasteiger partial charge in [-0.05, 0) is 19.4 Å². The molecule has 0 spiro atoms. The quantitative estimate of drug-likeness (QED) is 0.459. The Bertz CT molecular complexity index is 1050. The molecule has 0 saturated carbocycles. The van der Waals surface area contributed by atoms with E-state index < -0.39 is 10.7 Å². The molecule has 3 aromatic rings. The maximum absolute atomic E-state index is 12.2. The van der Waals surface area contributed by atoms with E-state index >= 15 is 0 Å². The van der Waals surface area contributed by atoms with Crippen molar-refractivity contribution < 1.29 is 18.7 Å². The average Bonchev–Trinajstić information content (AvgIpc) is 3.16. The van der Waals surface area contributed by atoms with Crippen LogP contribution in [0.15, 0.2) is 38.0 Å². The molecule has 0 unspecified atom stereocenters. The average molecular weight is 374 g/mol. The number of oxazole rings is 1. The van der Waals surface area contributed by atoms with Crippen molar-refractivity contribution in [3.05, 3.63) is 56.4 Å². The van der Waals surface area contributed by atoms with Gasteiger partial charge in [-0.25, -0.2) is 4.79 Å². The predicted octanol–water partition coefficient (Wildman–Crippen LogP) is 2.24. The highest BCUT2D eigenvalue weighted by molar-refractivity contribution is 5.76. The van der Waals surface area contributed by atoms with Crippen LogP contribution in [-0.4, -0.2) is 32.5 Å². The molecule has 27 heavy (non-hydrogen) atoms. The fraction of sp³-hybridized carbons (Fsp3) is 0.353. The van der Waals surface area contributed by atoms with Crippen LogP contribution in [0.4, 0.5) is 5.69 Å². The van der Waals surface area contributed by atoms with E-state index in [9.17, 15) is 19.7 Å². The molecule has 0 radical (unpaired) electrons. The Balaban J connectivity index is 1.61. The molecule has 3 rings (SSSR count). The van der Waals surface area contributed by atoms with Gasteiger partial charge in [0.25, 0.3) is 5.69 Å². The van der Waals surface area contributed by atoms with Crippen molar-refractivity contribution in [2.24, 2.45) is 0 Å². The minimum absolute atomic E-state index is 0.0906. The predicted molar refractivity (Wildman–Crippen MR) is 94.1 cm³/mol. The third-order valence-electron chi connectivity index (χ3n) is 4.14. The van der Waals surface area contributed by atoms with Crippen LogP contribution in [0.2, 0.25) is 0 Å². The number of carbonyl (C=O) groups excluding carboxylic acids is 1. The highest BCUT2D eigenvalue weighted by atomic mass is 16.6. The number of fused-ring (bicyclic) bond motifs is 1. The molecule has 0 atom stereocenters. The van der Waals surface area contributed by atoms with Gasteiger partial charge in [-0.2, -0.15) is 0 Å². The maximum atomic E-state index is 12.2. The summed E-state index contributed by atoms with van der Waals surface area (Å²) in [5.74, 6) is -0.0196. The molecular weight excluding hydrogens is 356 g/mol. The molecule has 142 valence electrons. The van der Waals surface area contributed by atoms with E-state index in [-0.39, 0.29) is 30.1 Å². The van der Waals surface area contributed by atoms with Crippen LogP contribution >= 0.6 is 0 Å². The van der Waals surface area contributed by atoms with Crippen LogP contribution in [0.25, 0.3) is 11.1 Å². The Kier molecular flexibility index (Phi) is 5.06. The van der Waals surface area contributed by atoms with Gasteiger partial charge in [0, 0.05) is 32.1 Å². The third kappa shape index (κ3) is 4.05. The lowest BCUT2D eigenvalue weighted by Crippen LogP contribution is -2.26. The van der Waals surface area contributed by atoms with Crippen LogP contribution in [-0.2, 0) is 17.9 Å². The highest BCUT2D eigenvalue weighted by Gasteiger charge is 2.15. The number of hydrogen-bond acceptors (Lipinski definition) is 7.